The van der Waals surface area contributed by atoms with Gasteiger partial charge in [0.1, 0.15) is 5.69 Å². The summed E-state index contributed by atoms with van der Waals surface area (Å²) in [4.78, 5) is 32.9. The summed E-state index contributed by atoms with van der Waals surface area (Å²) in [6.07, 6.45) is 1.40. The van der Waals surface area contributed by atoms with Gasteiger partial charge in [0.05, 0.1) is 12.7 Å². The summed E-state index contributed by atoms with van der Waals surface area (Å²) in [7, 11) is 3.49. The molecule has 0 bridgehead atoms. The molecule has 0 saturated carbocycles. The van der Waals surface area contributed by atoms with Gasteiger partial charge < -0.3 is 9.64 Å². The third kappa shape index (κ3) is 3.62. The van der Waals surface area contributed by atoms with E-state index in [0.29, 0.717) is 29.1 Å². The number of carbonyl (C=O) groups is 2. The lowest BCUT2D eigenvalue weighted by Gasteiger charge is -2.26. The van der Waals surface area contributed by atoms with Crippen molar-refractivity contribution in [1.29, 1.82) is 0 Å². The maximum Gasteiger partial charge on any atom is 0.339 e. The van der Waals surface area contributed by atoms with Gasteiger partial charge in [0.15, 0.2) is 0 Å². The zero-order chi connectivity index (χ0) is 19.0. The van der Waals surface area contributed by atoms with E-state index >= 15 is 0 Å². The number of halogens is 1. The first kappa shape index (κ1) is 20.3. The number of hydrogen-bond donors (Lipinski definition) is 0. The van der Waals surface area contributed by atoms with Crippen LogP contribution in [0.25, 0.3) is 0 Å². The number of rotatable bonds is 3. The smallest absolute Gasteiger partial charge is 0.339 e. The molecule has 1 aromatic carbocycles. The van der Waals surface area contributed by atoms with Crippen molar-refractivity contribution in [3.8, 4) is 0 Å². The fraction of sp³-hybridized carbons (Fsp3) is 0.381. The van der Waals surface area contributed by atoms with Gasteiger partial charge in [-0.2, -0.15) is 0 Å². The van der Waals surface area contributed by atoms with Crippen molar-refractivity contribution in [2.75, 3.05) is 33.8 Å². The van der Waals surface area contributed by atoms with E-state index in [9.17, 15) is 9.59 Å². The summed E-state index contributed by atoms with van der Waals surface area (Å²) < 4.78 is 4.67. The fourth-order valence-corrected chi connectivity index (χ4v) is 4.50. The number of carbonyl (C=O) groups excluding carboxylic acids is 2. The standard InChI is InChI=1S/C21H23N3O3.ClH/c1-23-11-16-12-24(13-17(16)19(23)14-6-4-3-5-7-14)20(25)18-9-8-15(10-22-18)21(26)27-2;/h3-10,16-17,19H,11-13H2,1-2H3;1H/t16-,17+,19-;/m0./s1. The van der Waals surface area contributed by atoms with Crippen molar-refractivity contribution >= 4 is 24.3 Å². The molecule has 2 fully saturated rings. The second-order valence-electron chi connectivity index (χ2n) is 7.35. The number of pyridine rings is 1. The summed E-state index contributed by atoms with van der Waals surface area (Å²) in [5, 5.41) is 0. The molecule has 2 aliphatic rings. The summed E-state index contributed by atoms with van der Waals surface area (Å²) >= 11 is 0. The molecule has 0 unspecified atom stereocenters. The largest absolute Gasteiger partial charge is 0.465 e. The predicted octanol–water partition coefficient (Wildman–Crippen LogP) is 2.66. The van der Waals surface area contributed by atoms with Crippen LogP contribution in [0.4, 0.5) is 0 Å². The monoisotopic (exact) mass is 401 g/mol. The summed E-state index contributed by atoms with van der Waals surface area (Å²) in [5.74, 6) is 0.371. The molecule has 2 aromatic rings. The number of fused-ring (bicyclic) bond motifs is 1. The zero-order valence-corrected chi connectivity index (χ0v) is 16.8. The molecule has 148 valence electrons. The Hall–Kier alpha value is -2.44. The van der Waals surface area contributed by atoms with Gasteiger partial charge in [-0.05, 0) is 30.7 Å². The molecular weight excluding hydrogens is 378 g/mol. The number of amides is 1. The SMILES string of the molecule is COC(=O)c1ccc(C(=O)N2C[C@@H]3CN(C)[C@@H](c4ccccc4)[C@@H]3C2)nc1.Cl. The number of nitrogens with zero attached hydrogens (tertiary/aromatic N) is 3. The number of likely N-dealkylation sites (tertiary alicyclic amines) is 2. The van der Waals surface area contributed by atoms with Gasteiger partial charge in [0.2, 0.25) is 0 Å². The van der Waals surface area contributed by atoms with Gasteiger partial charge in [-0.15, -0.1) is 12.4 Å². The average Bonchev–Trinajstić information content (AvgIpc) is 3.24. The molecule has 0 N–H and O–H groups in total. The van der Waals surface area contributed by atoms with Gasteiger partial charge in [0, 0.05) is 37.8 Å². The van der Waals surface area contributed by atoms with Crippen LogP contribution in [0.3, 0.4) is 0 Å². The number of benzene rings is 1. The number of ether oxygens (including phenoxy) is 1. The van der Waals surface area contributed by atoms with Crippen LogP contribution < -0.4 is 0 Å². The molecule has 7 heteroatoms. The Morgan fingerprint density at radius 3 is 2.46 bits per heavy atom. The minimum atomic E-state index is -0.453. The van der Waals surface area contributed by atoms with Gasteiger partial charge in [-0.3, -0.25) is 14.7 Å². The molecule has 2 aliphatic heterocycles. The highest BCUT2D eigenvalue weighted by molar-refractivity contribution is 5.94. The average molecular weight is 402 g/mol. The van der Waals surface area contributed by atoms with Gasteiger partial charge in [-0.25, -0.2) is 4.79 Å². The minimum absolute atomic E-state index is 0. The summed E-state index contributed by atoms with van der Waals surface area (Å²) in [5.41, 5.74) is 2.02. The molecule has 0 aliphatic carbocycles. The van der Waals surface area contributed by atoms with Gasteiger partial charge in [-0.1, -0.05) is 30.3 Å². The second-order valence-corrected chi connectivity index (χ2v) is 7.35. The maximum atomic E-state index is 12.9. The highest BCUT2D eigenvalue weighted by Gasteiger charge is 2.47. The highest BCUT2D eigenvalue weighted by atomic mass is 35.5. The molecule has 0 radical (unpaired) electrons. The van der Waals surface area contributed by atoms with Crippen molar-refractivity contribution in [2.24, 2.45) is 11.8 Å². The van der Waals surface area contributed by atoms with Crippen molar-refractivity contribution in [3.05, 3.63) is 65.5 Å². The lowest BCUT2D eigenvalue weighted by Crippen LogP contribution is -2.33. The molecule has 3 heterocycles. The minimum Gasteiger partial charge on any atom is -0.465 e. The summed E-state index contributed by atoms with van der Waals surface area (Å²) in [6.45, 7) is 2.47. The van der Waals surface area contributed by atoms with E-state index in [1.807, 2.05) is 11.0 Å². The van der Waals surface area contributed by atoms with Crippen LogP contribution in [0.2, 0.25) is 0 Å². The Balaban J connectivity index is 0.00000225. The first-order valence-electron chi connectivity index (χ1n) is 9.17. The highest BCUT2D eigenvalue weighted by Crippen LogP contribution is 2.44. The second kappa shape index (κ2) is 8.29. The van der Waals surface area contributed by atoms with E-state index < -0.39 is 5.97 Å². The molecule has 1 amide bonds. The van der Waals surface area contributed by atoms with Gasteiger partial charge in [0.25, 0.3) is 5.91 Å². The molecule has 28 heavy (non-hydrogen) atoms. The van der Waals surface area contributed by atoms with E-state index in [1.54, 1.807) is 12.1 Å². The van der Waals surface area contributed by atoms with Crippen molar-refractivity contribution < 1.29 is 14.3 Å². The van der Waals surface area contributed by atoms with E-state index in [1.165, 1.54) is 18.9 Å². The van der Waals surface area contributed by atoms with Crippen LogP contribution in [0.15, 0.2) is 48.7 Å². The van der Waals surface area contributed by atoms with Crippen molar-refractivity contribution in [3.63, 3.8) is 0 Å². The molecular formula is C21H24ClN3O3. The molecule has 2 saturated heterocycles. The molecule has 3 atom stereocenters. The summed E-state index contributed by atoms with van der Waals surface area (Å²) in [6, 6.07) is 14.0. The molecule has 1 aromatic heterocycles. The Kier molecular flexibility index (Phi) is 6.01. The Morgan fingerprint density at radius 2 is 1.82 bits per heavy atom. The van der Waals surface area contributed by atoms with Crippen LogP contribution in [-0.4, -0.2) is 60.5 Å². The molecule has 4 rings (SSSR count). The van der Waals surface area contributed by atoms with Crippen molar-refractivity contribution in [2.45, 2.75) is 6.04 Å². The molecule has 6 nitrogen and oxygen atoms in total. The number of hydrogen-bond acceptors (Lipinski definition) is 5. The maximum absolute atomic E-state index is 12.9. The van der Waals surface area contributed by atoms with Crippen LogP contribution in [0.1, 0.15) is 32.5 Å². The Bertz CT molecular complexity index is 844. The predicted molar refractivity (Wildman–Crippen MR) is 108 cm³/mol. The van der Waals surface area contributed by atoms with E-state index in [2.05, 4.69) is 45.9 Å². The number of aromatic nitrogens is 1. The van der Waals surface area contributed by atoms with E-state index in [4.69, 9.17) is 0 Å². The third-order valence-electron chi connectivity index (χ3n) is 5.73. The quantitative estimate of drug-likeness (QED) is 0.740. The van der Waals surface area contributed by atoms with Crippen LogP contribution in [-0.2, 0) is 4.74 Å². The lowest BCUT2D eigenvalue weighted by atomic mass is 9.90. The van der Waals surface area contributed by atoms with Gasteiger partial charge >= 0.3 is 5.97 Å². The zero-order valence-electron chi connectivity index (χ0n) is 15.9. The van der Waals surface area contributed by atoms with Crippen LogP contribution in [0.5, 0.6) is 0 Å². The van der Waals surface area contributed by atoms with Crippen LogP contribution in [0, 0.1) is 11.8 Å². The number of methoxy groups -OCH3 is 1. The van der Waals surface area contributed by atoms with E-state index in [0.717, 1.165) is 19.6 Å². The first-order chi connectivity index (χ1) is 13.1. The first-order valence-corrected chi connectivity index (χ1v) is 9.17. The normalized spacial score (nSPS) is 23.8. The Labute approximate surface area is 170 Å². The fourth-order valence-electron chi connectivity index (χ4n) is 4.50. The Morgan fingerprint density at radius 1 is 1.07 bits per heavy atom. The molecule has 0 spiro atoms. The third-order valence-corrected chi connectivity index (χ3v) is 5.73. The topological polar surface area (TPSA) is 62.7 Å². The van der Waals surface area contributed by atoms with Crippen molar-refractivity contribution in [1.82, 2.24) is 14.8 Å². The number of esters is 1. The van der Waals surface area contributed by atoms with E-state index in [-0.39, 0.29) is 18.3 Å². The lowest BCUT2D eigenvalue weighted by molar-refractivity contribution is 0.0599. The van der Waals surface area contributed by atoms with Crippen LogP contribution >= 0.6 is 12.4 Å².